The van der Waals surface area contributed by atoms with Crippen molar-refractivity contribution in [2.75, 3.05) is 57.4 Å². The van der Waals surface area contributed by atoms with Crippen LogP contribution in [0.1, 0.15) is 13.3 Å². The van der Waals surface area contributed by atoms with Gasteiger partial charge in [0.1, 0.15) is 5.69 Å². The minimum atomic E-state index is -0.517. The molecule has 10 nitrogen and oxygen atoms in total. The summed E-state index contributed by atoms with van der Waals surface area (Å²) in [6, 6.07) is 11.4. The summed E-state index contributed by atoms with van der Waals surface area (Å²) in [6.07, 6.45) is 0.913. The highest BCUT2D eigenvalue weighted by molar-refractivity contribution is 6.33. The summed E-state index contributed by atoms with van der Waals surface area (Å²) in [5.74, 6) is -0.0135. The molecular formula is C23H29ClN6O4. The maximum absolute atomic E-state index is 12.4. The van der Waals surface area contributed by atoms with E-state index in [1.165, 1.54) is 18.2 Å². The molecule has 1 N–H and O–H groups in total. The highest BCUT2D eigenvalue weighted by Crippen LogP contribution is 2.30. The monoisotopic (exact) mass is 488 g/mol. The van der Waals surface area contributed by atoms with Crippen molar-refractivity contribution in [2.45, 2.75) is 13.3 Å². The summed E-state index contributed by atoms with van der Waals surface area (Å²) < 4.78 is 5.35. The summed E-state index contributed by atoms with van der Waals surface area (Å²) in [5, 5.41) is 22.2. The molecule has 1 amide bonds. The number of hydrogen-bond acceptors (Lipinski definition) is 8. The van der Waals surface area contributed by atoms with Crippen LogP contribution in [0.2, 0.25) is 5.02 Å². The van der Waals surface area contributed by atoms with Gasteiger partial charge in [-0.3, -0.25) is 19.8 Å². The molecule has 3 rings (SSSR count). The number of nitrogens with one attached hydrogen (secondary N) is 1. The number of non-ortho nitro benzene ring substituents is 1. The van der Waals surface area contributed by atoms with Gasteiger partial charge in [0.25, 0.3) is 5.69 Å². The number of hydrogen-bond donors (Lipinski definition) is 1. The van der Waals surface area contributed by atoms with E-state index in [1.54, 1.807) is 12.1 Å². The standard InChI is InChI=1S/C23H29ClN6O4/c1-2-29(17-23(31)25-10-3-11-28-12-14-34-15-13-28)19-6-4-18(5-7-19)26-27-22-9-8-20(30(32)33)16-21(22)24/h4-9,16H,2-3,10-15,17H2,1H3,(H,25,31). The van der Waals surface area contributed by atoms with Crippen molar-refractivity contribution < 1.29 is 14.5 Å². The van der Waals surface area contributed by atoms with E-state index in [2.05, 4.69) is 20.4 Å². The normalized spacial score (nSPS) is 14.3. The van der Waals surface area contributed by atoms with Crippen LogP contribution >= 0.6 is 11.6 Å². The Bertz CT molecular complexity index is 995. The maximum atomic E-state index is 12.4. The van der Waals surface area contributed by atoms with Gasteiger partial charge in [0, 0.05) is 44.0 Å². The molecule has 0 spiro atoms. The fraction of sp³-hybridized carbons (Fsp3) is 0.435. The van der Waals surface area contributed by atoms with Gasteiger partial charge in [0.2, 0.25) is 5.91 Å². The van der Waals surface area contributed by atoms with Crippen LogP contribution in [-0.2, 0) is 9.53 Å². The number of nitro benzene ring substituents is 1. The van der Waals surface area contributed by atoms with Crippen LogP contribution in [0.3, 0.4) is 0 Å². The number of carbonyl (C=O) groups is 1. The van der Waals surface area contributed by atoms with E-state index in [0.717, 1.165) is 45.0 Å². The summed E-state index contributed by atoms with van der Waals surface area (Å²) in [4.78, 5) is 27.0. The number of morpholine rings is 1. The Morgan fingerprint density at radius 2 is 1.94 bits per heavy atom. The van der Waals surface area contributed by atoms with E-state index in [0.29, 0.717) is 24.5 Å². The topological polar surface area (TPSA) is 113 Å². The van der Waals surface area contributed by atoms with Gasteiger partial charge in [0.15, 0.2) is 0 Å². The van der Waals surface area contributed by atoms with Crippen molar-refractivity contribution in [3.8, 4) is 0 Å². The number of ether oxygens (including phenoxy) is 1. The third-order valence-corrected chi connectivity index (χ3v) is 5.73. The average molecular weight is 489 g/mol. The van der Waals surface area contributed by atoms with E-state index in [1.807, 2.05) is 24.0 Å². The van der Waals surface area contributed by atoms with Crippen molar-refractivity contribution in [2.24, 2.45) is 10.2 Å². The highest BCUT2D eigenvalue weighted by atomic mass is 35.5. The number of nitro groups is 1. The van der Waals surface area contributed by atoms with E-state index in [4.69, 9.17) is 16.3 Å². The van der Waals surface area contributed by atoms with Crippen LogP contribution in [0.5, 0.6) is 0 Å². The number of nitrogens with zero attached hydrogens (tertiary/aromatic N) is 5. The first-order valence-corrected chi connectivity index (χ1v) is 11.6. The van der Waals surface area contributed by atoms with Gasteiger partial charge in [-0.05, 0) is 50.2 Å². The Labute approximate surface area is 203 Å². The third kappa shape index (κ3) is 7.75. The fourth-order valence-corrected chi connectivity index (χ4v) is 3.71. The van der Waals surface area contributed by atoms with Gasteiger partial charge in [-0.2, -0.15) is 5.11 Å². The van der Waals surface area contributed by atoms with Crippen LogP contribution in [0, 0.1) is 10.1 Å². The second-order valence-electron chi connectivity index (χ2n) is 7.78. The molecule has 0 saturated carbocycles. The van der Waals surface area contributed by atoms with Crippen LogP contribution in [-0.4, -0.2) is 68.2 Å². The molecule has 1 fully saturated rings. The molecule has 1 heterocycles. The molecule has 11 heteroatoms. The number of likely N-dealkylation sites (N-methyl/N-ethyl adjacent to an activating group) is 1. The van der Waals surface area contributed by atoms with Crippen LogP contribution in [0.4, 0.5) is 22.7 Å². The summed E-state index contributed by atoms with van der Waals surface area (Å²) >= 11 is 6.05. The Morgan fingerprint density at radius 1 is 1.21 bits per heavy atom. The van der Waals surface area contributed by atoms with Crippen LogP contribution < -0.4 is 10.2 Å². The maximum Gasteiger partial charge on any atom is 0.271 e. The van der Waals surface area contributed by atoms with E-state index >= 15 is 0 Å². The number of azo groups is 1. The number of halogens is 1. The van der Waals surface area contributed by atoms with Gasteiger partial charge in [-0.25, -0.2) is 0 Å². The lowest BCUT2D eigenvalue weighted by Gasteiger charge is -2.26. The smallest absolute Gasteiger partial charge is 0.271 e. The minimum Gasteiger partial charge on any atom is -0.379 e. The highest BCUT2D eigenvalue weighted by Gasteiger charge is 2.12. The molecule has 182 valence electrons. The third-order valence-electron chi connectivity index (χ3n) is 5.42. The molecule has 0 bridgehead atoms. The zero-order chi connectivity index (χ0) is 24.3. The Kier molecular flexibility index (Phi) is 9.75. The van der Waals surface area contributed by atoms with Crippen molar-refractivity contribution in [3.63, 3.8) is 0 Å². The molecule has 2 aromatic rings. The van der Waals surface area contributed by atoms with E-state index in [-0.39, 0.29) is 23.2 Å². The van der Waals surface area contributed by atoms with Crippen molar-refractivity contribution in [3.05, 3.63) is 57.6 Å². The first kappa shape index (κ1) is 25.5. The van der Waals surface area contributed by atoms with Gasteiger partial charge in [-0.15, -0.1) is 5.11 Å². The summed E-state index contributed by atoms with van der Waals surface area (Å²) in [5.41, 5.74) is 1.74. The van der Waals surface area contributed by atoms with Crippen LogP contribution in [0.25, 0.3) is 0 Å². The predicted molar refractivity (Wildman–Crippen MR) is 131 cm³/mol. The fourth-order valence-electron chi connectivity index (χ4n) is 3.50. The van der Waals surface area contributed by atoms with Gasteiger partial charge in [0.05, 0.1) is 35.4 Å². The lowest BCUT2D eigenvalue weighted by atomic mass is 10.2. The summed E-state index contributed by atoms with van der Waals surface area (Å²) in [7, 11) is 0. The molecule has 1 saturated heterocycles. The zero-order valence-corrected chi connectivity index (χ0v) is 19.9. The quantitative estimate of drug-likeness (QED) is 0.218. The first-order valence-electron chi connectivity index (χ1n) is 11.2. The number of benzene rings is 2. The largest absolute Gasteiger partial charge is 0.379 e. The second-order valence-corrected chi connectivity index (χ2v) is 8.19. The first-order chi connectivity index (χ1) is 16.5. The lowest BCUT2D eigenvalue weighted by Crippen LogP contribution is -2.40. The molecule has 0 aliphatic carbocycles. The summed E-state index contributed by atoms with van der Waals surface area (Å²) in [6.45, 7) is 8.03. The molecule has 0 atom stereocenters. The Balaban J connectivity index is 1.48. The molecular weight excluding hydrogens is 460 g/mol. The molecule has 0 aromatic heterocycles. The van der Waals surface area contributed by atoms with E-state index < -0.39 is 4.92 Å². The molecule has 2 aromatic carbocycles. The van der Waals surface area contributed by atoms with Gasteiger partial charge in [-0.1, -0.05) is 11.6 Å². The minimum absolute atomic E-state index is 0.0135. The molecule has 0 unspecified atom stereocenters. The van der Waals surface area contributed by atoms with Gasteiger partial charge >= 0.3 is 0 Å². The molecule has 0 radical (unpaired) electrons. The van der Waals surface area contributed by atoms with Crippen molar-refractivity contribution >= 4 is 40.3 Å². The Hall–Kier alpha value is -3.08. The van der Waals surface area contributed by atoms with Gasteiger partial charge < -0.3 is 15.0 Å². The number of anilines is 1. The number of carbonyl (C=O) groups excluding carboxylic acids is 1. The average Bonchev–Trinajstić information content (AvgIpc) is 2.85. The SMILES string of the molecule is CCN(CC(=O)NCCCN1CCOCC1)c1ccc(N=Nc2ccc([N+](=O)[O-])cc2Cl)cc1. The number of rotatable bonds is 11. The van der Waals surface area contributed by atoms with Crippen molar-refractivity contribution in [1.29, 1.82) is 0 Å². The van der Waals surface area contributed by atoms with Crippen LogP contribution in [0.15, 0.2) is 52.7 Å². The second kappa shape index (κ2) is 13.0. The van der Waals surface area contributed by atoms with Crippen molar-refractivity contribution in [1.82, 2.24) is 10.2 Å². The lowest BCUT2D eigenvalue weighted by molar-refractivity contribution is -0.384. The van der Waals surface area contributed by atoms with E-state index in [9.17, 15) is 14.9 Å². The molecule has 1 aliphatic heterocycles. The molecule has 1 aliphatic rings. The zero-order valence-electron chi connectivity index (χ0n) is 19.2. The molecule has 34 heavy (non-hydrogen) atoms. The Morgan fingerprint density at radius 3 is 2.59 bits per heavy atom. The predicted octanol–water partition coefficient (Wildman–Crippen LogP) is 4.33. The number of amides is 1.